The highest BCUT2D eigenvalue weighted by Crippen LogP contribution is 2.42. The van der Waals surface area contributed by atoms with Gasteiger partial charge in [0.1, 0.15) is 22.7 Å². The molecule has 0 rings (SSSR count). The van der Waals surface area contributed by atoms with Gasteiger partial charge in [-0.1, -0.05) is 4.39 Å². The van der Waals surface area contributed by atoms with Crippen molar-refractivity contribution in [1.29, 1.82) is 0 Å². The Labute approximate surface area is 120 Å². The zero-order chi connectivity index (χ0) is 18.8. The van der Waals surface area contributed by atoms with Crippen LogP contribution >= 0.6 is 0 Å². The Bertz CT molecular complexity index is 499. The van der Waals surface area contributed by atoms with E-state index < -0.39 is 56.5 Å². The van der Waals surface area contributed by atoms with Crippen molar-refractivity contribution in [2.45, 2.75) is 30.9 Å². The second-order valence-corrected chi connectivity index (χ2v) is 3.90. The molecule has 0 bridgehead atoms. The molecule has 0 N–H and O–H groups in total. The minimum atomic E-state index is -5.31. The Morgan fingerprint density at radius 1 is 0.652 bits per heavy atom. The number of alkyl halides is 5. The largest absolute Gasteiger partial charge is 0.621 e. The van der Waals surface area contributed by atoms with Gasteiger partial charge in [-0.25, -0.2) is 0 Å². The lowest BCUT2D eigenvalue weighted by atomic mass is 9.94. The van der Waals surface area contributed by atoms with Crippen LogP contribution in [0.5, 0.6) is 0 Å². The van der Waals surface area contributed by atoms with Crippen LogP contribution in [-0.4, -0.2) is 37.7 Å². The van der Waals surface area contributed by atoms with Crippen molar-refractivity contribution in [3.8, 4) is 0 Å². The van der Waals surface area contributed by atoms with Crippen LogP contribution in [0.3, 0.4) is 0 Å². The Morgan fingerprint density at radius 3 is 1.09 bits per heavy atom. The van der Waals surface area contributed by atoms with E-state index in [1.807, 2.05) is 0 Å². The second-order valence-electron chi connectivity index (χ2n) is 3.90. The highest BCUT2D eigenvalue weighted by molar-refractivity contribution is 5.01. The maximum absolute atomic E-state index is 13.7. The molecular formula is C6H4F5N4O8. The van der Waals surface area contributed by atoms with Gasteiger partial charge in [0.25, 0.3) is 0 Å². The molecule has 0 aliphatic carbocycles. The van der Waals surface area contributed by atoms with Gasteiger partial charge in [-0.3, -0.25) is 40.5 Å². The average Bonchev–Trinajstić information content (AvgIpc) is 2.35. The first kappa shape index (κ1) is 20.2. The molecule has 0 amide bonds. The first-order valence-corrected chi connectivity index (χ1v) is 4.96. The molecule has 0 unspecified atom stereocenters. The fourth-order valence-electron chi connectivity index (χ4n) is 1.25. The highest BCUT2D eigenvalue weighted by Gasteiger charge is 2.73. The zero-order valence-corrected chi connectivity index (χ0v) is 10.4. The van der Waals surface area contributed by atoms with E-state index in [1.54, 1.807) is 0 Å². The van der Waals surface area contributed by atoms with E-state index in [1.165, 1.54) is 0 Å². The number of hydrogen-bond acceptors (Lipinski definition) is 8. The van der Waals surface area contributed by atoms with Crippen LogP contribution in [0.15, 0.2) is 0 Å². The summed E-state index contributed by atoms with van der Waals surface area (Å²) in [4.78, 5) is 30.7. The summed E-state index contributed by atoms with van der Waals surface area (Å²) in [7, 11) is 0. The summed E-state index contributed by atoms with van der Waals surface area (Å²) >= 11 is 0. The molecule has 131 valence electrons. The van der Waals surface area contributed by atoms with Crippen molar-refractivity contribution in [2.24, 2.45) is 0 Å². The van der Waals surface area contributed by atoms with Crippen molar-refractivity contribution in [3.05, 3.63) is 46.4 Å². The smallest absolute Gasteiger partial charge is 0.259 e. The summed E-state index contributed by atoms with van der Waals surface area (Å²) in [5.41, 5.74) is 0. The van der Waals surface area contributed by atoms with Crippen LogP contribution in [0.25, 0.3) is 0 Å². The number of nitrogens with zero attached hydrogens (tertiary/aromatic N) is 4. The molecule has 0 saturated heterocycles. The van der Waals surface area contributed by atoms with Crippen molar-refractivity contribution in [3.63, 3.8) is 0 Å². The third kappa shape index (κ3) is 4.13. The molecule has 17 heteroatoms. The second kappa shape index (κ2) is 6.16. The van der Waals surface area contributed by atoms with Gasteiger partial charge in [0, 0.05) is 0 Å². The van der Waals surface area contributed by atoms with Gasteiger partial charge in [-0.15, -0.1) is 17.6 Å². The van der Waals surface area contributed by atoms with Crippen LogP contribution in [0.4, 0.5) is 22.0 Å². The third-order valence-electron chi connectivity index (χ3n) is 2.32. The lowest BCUT2D eigenvalue weighted by Gasteiger charge is -2.19. The van der Waals surface area contributed by atoms with E-state index in [0.717, 1.165) is 0 Å². The van der Waals surface area contributed by atoms with Gasteiger partial charge in [-0.2, -0.15) is 0 Å². The third-order valence-corrected chi connectivity index (χ3v) is 2.32. The molecule has 0 aromatic rings. The molecule has 0 heterocycles. The van der Waals surface area contributed by atoms with Gasteiger partial charge in [0.15, 0.2) is 5.92 Å². The summed E-state index contributed by atoms with van der Waals surface area (Å²) in [6.07, 6.45) is -5.64. The van der Waals surface area contributed by atoms with Crippen LogP contribution in [-0.2, 0) is 0 Å². The fraction of sp³-hybridized carbons (Fsp3) is 0.833. The minimum absolute atomic E-state index is 2.47. The fourth-order valence-corrected chi connectivity index (χ4v) is 1.25. The molecule has 0 aromatic carbocycles. The summed E-state index contributed by atoms with van der Waals surface area (Å²) in [6, 6.07) is -10.6. The average molecular weight is 355 g/mol. The first-order valence-electron chi connectivity index (χ1n) is 4.96. The van der Waals surface area contributed by atoms with Crippen molar-refractivity contribution in [1.82, 2.24) is 0 Å². The van der Waals surface area contributed by atoms with Crippen molar-refractivity contribution < 1.29 is 41.6 Å². The molecule has 0 atom stereocenters. The Morgan fingerprint density at radius 2 is 0.913 bits per heavy atom. The van der Waals surface area contributed by atoms with Crippen LogP contribution < -0.4 is 0 Å². The minimum Gasteiger partial charge on any atom is -0.259 e. The number of halogens is 5. The van der Waals surface area contributed by atoms with Crippen LogP contribution in [0, 0.1) is 46.4 Å². The molecule has 1 radical (unpaired) electrons. The monoisotopic (exact) mass is 355 g/mol. The zero-order valence-electron chi connectivity index (χ0n) is 10.4. The molecule has 0 aromatic heterocycles. The Kier molecular flexibility index (Phi) is 5.43. The molecule has 0 spiro atoms. The number of hydrogen-bond donors (Lipinski definition) is 0. The lowest BCUT2D eigenvalue weighted by Crippen LogP contribution is -2.52. The van der Waals surface area contributed by atoms with Gasteiger partial charge in [0.05, 0.1) is 9.85 Å². The molecule has 0 aliphatic heterocycles. The van der Waals surface area contributed by atoms with Gasteiger partial charge in [0.2, 0.25) is 0 Å². The predicted molar refractivity (Wildman–Crippen MR) is 54.2 cm³/mol. The predicted octanol–water partition coefficient (Wildman–Crippen LogP) is 1.26. The Hall–Kier alpha value is -2.75. The van der Waals surface area contributed by atoms with Gasteiger partial charge in [-0.05, 0) is 0 Å². The topological polar surface area (TPSA) is 173 Å². The molecule has 0 saturated carbocycles. The van der Waals surface area contributed by atoms with E-state index >= 15 is 0 Å². The van der Waals surface area contributed by atoms with Gasteiger partial charge >= 0.3 is 18.0 Å². The number of rotatable bonds is 9. The van der Waals surface area contributed by atoms with Gasteiger partial charge < -0.3 is 0 Å². The van der Waals surface area contributed by atoms with E-state index in [2.05, 4.69) is 0 Å². The normalized spacial score (nSPS) is 13.0. The molecular weight excluding hydrogens is 351 g/mol. The molecule has 0 fully saturated rings. The first-order chi connectivity index (χ1) is 10.1. The van der Waals surface area contributed by atoms with E-state index in [9.17, 15) is 62.4 Å². The SMILES string of the molecule is O=[N+]([O-])C(F)(F)C[C](CC(F)(F)[N+](=O)[O-])C(F)([N+](=O)[O-])[N+](=O)[O-]. The molecule has 23 heavy (non-hydrogen) atoms. The Balaban J connectivity index is 6.00. The standard InChI is InChI=1S/C6H4F5N4O8/c7-4(8,12(16)17)1-3(2-5(9,10)13(18)19)6(11,14(20)21)15(22)23/h1-2H2. The highest BCUT2D eigenvalue weighted by atomic mass is 19.3. The molecule has 12 nitrogen and oxygen atoms in total. The summed E-state index contributed by atoms with van der Waals surface area (Å²) < 4.78 is 65.3. The summed E-state index contributed by atoms with van der Waals surface area (Å²) in [5, 5.41) is 40.7. The quantitative estimate of drug-likeness (QED) is 0.195. The van der Waals surface area contributed by atoms with E-state index in [4.69, 9.17) is 0 Å². The summed E-state index contributed by atoms with van der Waals surface area (Å²) in [5.74, 6) is -7.95. The lowest BCUT2D eigenvalue weighted by molar-refractivity contribution is -0.827. The van der Waals surface area contributed by atoms with E-state index in [0.29, 0.717) is 0 Å². The van der Waals surface area contributed by atoms with Crippen molar-refractivity contribution >= 4 is 0 Å². The molecule has 0 aliphatic rings. The summed E-state index contributed by atoms with van der Waals surface area (Å²) in [6.45, 7) is 0. The maximum atomic E-state index is 13.7. The van der Waals surface area contributed by atoms with Crippen molar-refractivity contribution in [2.75, 3.05) is 0 Å². The van der Waals surface area contributed by atoms with E-state index in [-0.39, 0.29) is 0 Å². The maximum Gasteiger partial charge on any atom is 0.621 e. The van der Waals surface area contributed by atoms with Crippen LogP contribution in [0.2, 0.25) is 0 Å². The van der Waals surface area contributed by atoms with Crippen LogP contribution in [0.1, 0.15) is 12.8 Å². The number of nitro groups is 4.